The van der Waals surface area contributed by atoms with Crippen LogP contribution in [-0.2, 0) is 6.42 Å². The molecule has 1 heterocycles. The lowest BCUT2D eigenvalue weighted by molar-refractivity contribution is 0.317. The number of anilines is 1. The summed E-state index contributed by atoms with van der Waals surface area (Å²) in [5, 5.41) is 3.53. The van der Waals surface area contributed by atoms with E-state index < -0.39 is 0 Å². The second-order valence-electron chi connectivity index (χ2n) is 4.91. The van der Waals surface area contributed by atoms with E-state index in [4.69, 9.17) is 4.74 Å². The maximum atomic E-state index is 5.69. The van der Waals surface area contributed by atoms with Gasteiger partial charge in [0.05, 0.1) is 6.61 Å². The number of hydrogen-bond donors (Lipinski definition) is 1. The molecule has 1 unspecified atom stereocenters. The van der Waals surface area contributed by atoms with Crippen molar-refractivity contribution in [2.45, 2.75) is 39.5 Å². The molecular formula is C15H23NO. The first-order valence-corrected chi connectivity index (χ1v) is 6.83. The normalized spacial score (nSPS) is 18.4. The van der Waals surface area contributed by atoms with Crippen LogP contribution < -0.4 is 10.1 Å². The summed E-state index contributed by atoms with van der Waals surface area (Å²) < 4.78 is 5.69. The van der Waals surface area contributed by atoms with Crippen molar-refractivity contribution in [3.8, 4) is 5.75 Å². The Hall–Kier alpha value is -1.18. The van der Waals surface area contributed by atoms with E-state index >= 15 is 0 Å². The summed E-state index contributed by atoms with van der Waals surface area (Å²) >= 11 is 0. The molecule has 2 nitrogen and oxygen atoms in total. The molecule has 0 aliphatic carbocycles. The molecule has 2 heteroatoms. The largest absolute Gasteiger partial charge is 0.494 e. The molecule has 1 aliphatic heterocycles. The number of fused-ring (bicyclic) bond motifs is 1. The number of hydrogen-bond acceptors (Lipinski definition) is 2. The Morgan fingerprint density at radius 3 is 2.94 bits per heavy atom. The third kappa shape index (κ3) is 3.15. The van der Waals surface area contributed by atoms with Gasteiger partial charge in [0.2, 0.25) is 0 Å². The van der Waals surface area contributed by atoms with Crippen molar-refractivity contribution >= 4 is 5.69 Å². The van der Waals surface area contributed by atoms with Crippen LogP contribution in [0.5, 0.6) is 5.75 Å². The van der Waals surface area contributed by atoms with Gasteiger partial charge in [0.15, 0.2) is 0 Å². The van der Waals surface area contributed by atoms with Gasteiger partial charge in [-0.1, -0.05) is 20.3 Å². The summed E-state index contributed by atoms with van der Waals surface area (Å²) in [4.78, 5) is 0. The highest BCUT2D eigenvalue weighted by molar-refractivity contribution is 5.56. The summed E-state index contributed by atoms with van der Waals surface area (Å²) in [6, 6.07) is 6.43. The van der Waals surface area contributed by atoms with Crippen LogP contribution in [0, 0.1) is 5.92 Å². The highest BCUT2D eigenvalue weighted by atomic mass is 16.5. The zero-order valence-corrected chi connectivity index (χ0v) is 11.0. The van der Waals surface area contributed by atoms with Gasteiger partial charge in [0.25, 0.3) is 0 Å². The second-order valence-corrected chi connectivity index (χ2v) is 4.91. The van der Waals surface area contributed by atoms with Crippen LogP contribution >= 0.6 is 0 Å². The van der Waals surface area contributed by atoms with Crippen molar-refractivity contribution in [1.29, 1.82) is 0 Å². The van der Waals surface area contributed by atoms with Gasteiger partial charge in [-0.15, -0.1) is 0 Å². The van der Waals surface area contributed by atoms with Crippen LogP contribution in [0.1, 0.15) is 38.7 Å². The molecule has 1 aromatic carbocycles. The minimum Gasteiger partial charge on any atom is -0.494 e. The van der Waals surface area contributed by atoms with E-state index in [1.54, 1.807) is 0 Å². The van der Waals surface area contributed by atoms with E-state index in [-0.39, 0.29) is 0 Å². The highest BCUT2D eigenvalue weighted by Crippen LogP contribution is 2.30. The number of rotatable bonds is 5. The third-order valence-corrected chi connectivity index (χ3v) is 3.34. The molecule has 17 heavy (non-hydrogen) atoms. The lowest BCUT2D eigenvalue weighted by Crippen LogP contribution is -2.22. The first-order valence-electron chi connectivity index (χ1n) is 6.83. The van der Waals surface area contributed by atoms with Gasteiger partial charge in [-0.05, 0) is 48.9 Å². The molecule has 94 valence electrons. The SMILES string of the molecule is CCCOc1ccc2c(c1)CC(CCC)CN2. The first-order chi connectivity index (χ1) is 8.33. The van der Waals surface area contributed by atoms with Gasteiger partial charge in [-0.2, -0.15) is 0 Å². The standard InChI is InChI=1S/C15H23NO/c1-3-5-12-9-13-10-14(17-8-4-2)6-7-15(13)16-11-12/h6-7,10,12,16H,3-5,8-9,11H2,1-2H3. The van der Waals surface area contributed by atoms with Gasteiger partial charge >= 0.3 is 0 Å². The number of ether oxygens (including phenoxy) is 1. The minimum absolute atomic E-state index is 0.786. The van der Waals surface area contributed by atoms with E-state index in [9.17, 15) is 0 Å². The van der Waals surface area contributed by atoms with Crippen molar-refractivity contribution < 1.29 is 4.74 Å². The zero-order chi connectivity index (χ0) is 12.1. The van der Waals surface area contributed by atoms with Gasteiger partial charge in [-0.3, -0.25) is 0 Å². The summed E-state index contributed by atoms with van der Waals surface area (Å²) in [6.45, 7) is 6.33. The molecule has 0 saturated carbocycles. The van der Waals surface area contributed by atoms with Crippen LogP contribution in [-0.4, -0.2) is 13.2 Å². The zero-order valence-electron chi connectivity index (χ0n) is 11.0. The molecule has 1 N–H and O–H groups in total. The van der Waals surface area contributed by atoms with Crippen LogP contribution in [0.4, 0.5) is 5.69 Å². The van der Waals surface area contributed by atoms with Crippen LogP contribution in [0.3, 0.4) is 0 Å². The second kappa shape index (κ2) is 5.95. The average molecular weight is 233 g/mol. The van der Waals surface area contributed by atoms with E-state index in [1.165, 1.54) is 30.5 Å². The Morgan fingerprint density at radius 1 is 1.29 bits per heavy atom. The van der Waals surface area contributed by atoms with Crippen molar-refractivity contribution in [2.24, 2.45) is 5.92 Å². The Kier molecular flexibility index (Phi) is 4.29. The van der Waals surface area contributed by atoms with Gasteiger partial charge in [0, 0.05) is 12.2 Å². The maximum absolute atomic E-state index is 5.69. The van der Waals surface area contributed by atoms with E-state index in [0.29, 0.717) is 0 Å². The first kappa shape index (κ1) is 12.3. The molecule has 0 radical (unpaired) electrons. The van der Waals surface area contributed by atoms with Crippen LogP contribution in [0.15, 0.2) is 18.2 Å². The Labute approximate surface area is 104 Å². The molecule has 0 spiro atoms. The van der Waals surface area contributed by atoms with Crippen LogP contribution in [0.2, 0.25) is 0 Å². The van der Waals surface area contributed by atoms with Crippen molar-refractivity contribution in [3.05, 3.63) is 23.8 Å². The number of benzene rings is 1. The van der Waals surface area contributed by atoms with Gasteiger partial charge in [0.1, 0.15) is 5.75 Å². The Morgan fingerprint density at radius 2 is 2.18 bits per heavy atom. The van der Waals surface area contributed by atoms with Gasteiger partial charge in [-0.25, -0.2) is 0 Å². The molecule has 0 amide bonds. The van der Waals surface area contributed by atoms with E-state index in [0.717, 1.165) is 31.2 Å². The van der Waals surface area contributed by atoms with Crippen molar-refractivity contribution in [1.82, 2.24) is 0 Å². The lowest BCUT2D eigenvalue weighted by Gasteiger charge is -2.26. The average Bonchev–Trinajstić information content (AvgIpc) is 2.36. The van der Waals surface area contributed by atoms with Crippen molar-refractivity contribution in [3.63, 3.8) is 0 Å². The molecule has 0 bridgehead atoms. The van der Waals surface area contributed by atoms with E-state index in [1.807, 2.05) is 0 Å². The minimum atomic E-state index is 0.786. The predicted molar refractivity (Wildman–Crippen MR) is 72.8 cm³/mol. The Bertz CT molecular complexity index is 362. The summed E-state index contributed by atoms with van der Waals surface area (Å²) in [5.74, 6) is 1.80. The predicted octanol–water partition coefficient (Wildman–Crippen LogP) is 3.86. The summed E-state index contributed by atoms with van der Waals surface area (Å²) in [6.07, 6.45) is 4.84. The molecule has 0 saturated heterocycles. The molecule has 0 aromatic heterocycles. The molecule has 0 fully saturated rings. The molecular weight excluding hydrogens is 210 g/mol. The lowest BCUT2D eigenvalue weighted by atomic mass is 9.90. The number of nitrogens with one attached hydrogen (secondary N) is 1. The van der Waals surface area contributed by atoms with E-state index in [2.05, 4.69) is 37.4 Å². The molecule has 1 aromatic rings. The summed E-state index contributed by atoms with van der Waals surface area (Å²) in [5.41, 5.74) is 2.71. The topological polar surface area (TPSA) is 21.3 Å². The van der Waals surface area contributed by atoms with Crippen LogP contribution in [0.25, 0.3) is 0 Å². The summed E-state index contributed by atoms with van der Waals surface area (Å²) in [7, 11) is 0. The fraction of sp³-hybridized carbons (Fsp3) is 0.600. The fourth-order valence-electron chi connectivity index (χ4n) is 2.47. The molecule has 2 rings (SSSR count). The Balaban J connectivity index is 2.06. The fourth-order valence-corrected chi connectivity index (χ4v) is 2.47. The van der Waals surface area contributed by atoms with Gasteiger partial charge < -0.3 is 10.1 Å². The quantitative estimate of drug-likeness (QED) is 0.833. The molecule has 1 aliphatic rings. The third-order valence-electron chi connectivity index (χ3n) is 3.34. The smallest absolute Gasteiger partial charge is 0.119 e. The maximum Gasteiger partial charge on any atom is 0.119 e. The highest BCUT2D eigenvalue weighted by Gasteiger charge is 2.17. The van der Waals surface area contributed by atoms with Crippen molar-refractivity contribution in [2.75, 3.05) is 18.5 Å². The monoisotopic (exact) mass is 233 g/mol. The molecule has 1 atom stereocenters.